The first-order valence-corrected chi connectivity index (χ1v) is 6.64. The van der Waals surface area contributed by atoms with Crippen LogP contribution in [0.4, 0.5) is 13.2 Å². The lowest BCUT2D eigenvalue weighted by Gasteiger charge is -2.10. The summed E-state index contributed by atoms with van der Waals surface area (Å²) in [5.41, 5.74) is 0.0537. The molecule has 1 N–H and O–H groups in total. The molecule has 3 rings (SSSR count). The van der Waals surface area contributed by atoms with E-state index < -0.39 is 17.7 Å². The zero-order chi connectivity index (χ0) is 17.3. The Balaban J connectivity index is 1.90. The number of aromatic nitrogens is 4. The first-order valence-electron chi connectivity index (χ1n) is 6.26. The Labute approximate surface area is 136 Å². The van der Waals surface area contributed by atoms with Crippen molar-refractivity contribution < 1.29 is 22.4 Å². The summed E-state index contributed by atoms with van der Waals surface area (Å²) in [7, 11) is 0. The molecule has 11 heteroatoms. The largest absolute Gasteiger partial charge is 0.573 e. The highest BCUT2D eigenvalue weighted by Crippen LogP contribution is 2.33. The van der Waals surface area contributed by atoms with Crippen LogP contribution in [0.1, 0.15) is 0 Å². The molecule has 0 radical (unpaired) electrons. The van der Waals surface area contributed by atoms with Gasteiger partial charge in [0.1, 0.15) is 11.4 Å². The molecule has 0 aliphatic carbocycles. The minimum atomic E-state index is -4.85. The Bertz CT molecular complexity index is 938. The Kier molecular flexibility index (Phi) is 3.97. The molecule has 7 nitrogen and oxygen atoms in total. The summed E-state index contributed by atoms with van der Waals surface area (Å²) in [6, 6.07) is 4.66. The van der Waals surface area contributed by atoms with Gasteiger partial charge < -0.3 is 14.2 Å². The molecule has 0 amide bonds. The van der Waals surface area contributed by atoms with Gasteiger partial charge in [0.2, 0.25) is 5.82 Å². The van der Waals surface area contributed by atoms with Crippen molar-refractivity contribution in [3.05, 3.63) is 46.0 Å². The smallest absolute Gasteiger partial charge is 0.404 e. The molecule has 0 spiro atoms. The number of hydrogen-bond acceptors (Lipinski definition) is 6. The quantitative estimate of drug-likeness (QED) is 0.773. The van der Waals surface area contributed by atoms with Gasteiger partial charge in [0, 0.05) is 11.6 Å². The summed E-state index contributed by atoms with van der Waals surface area (Å²) >= 11 is 5.76. The van der Waals surface area contributed by atoms with Crippen molar-refractivity contribution in [2.75, 3.05) is 0 Å². The van der Waals surface area contributed by atoms with E-state index in [0.29, 0.717) is 0 Å². The van der Waals surface area contributed by atoms with Gasteiger partial charge in [-0.1, -0.05) is 16.8 Å². The number of ether oxygens (including phenoxy) is 1. The second-order valence-corrected chi connectivity index (χ2v) is 4.82. The van der Waals surface area contributed by atoms with Crippen molar-refractivity contribution >= 4 is 11.6 Å². The van der Waals surface area contributed by atoms with Gasteiger partial charge in [-0.2, -0.15) is 4.98 Å². The monoisotopic (exact) mass is 358 g/mol. The number of rotatable bonds is 3. The van der Waals surface area contributed by atoms with Crippen molar-refractivity contribution in [1.29, 1.82) is 0 Å². The molecule has 0 aliphatic heterocycles. The minimum Gasteiger partial charge on any atom is -0.404 e. The number of alkyl halides is 3. The predicted molar refractivity (Wildman–Crippen MR) is 75.3 cm³/mol. The van der Waals surface area contributed by atoms with Crippen LogP contribution >= 0.6 is 11.6 Å². The summed E-state index contributed by atoms with van der Waals surface area (Å²) in [5.74, 6) is -0.515. The van der Waals surface area contributed by atoms with Crippen LogP contribution in [0.25, 0.3) is 23.0 Å². The molecule has 0 saturated heterocycles. The van der Waals surface area contributed by atoms with Gasteiger partial charge in [0.05, 0.1) is 11.3 Å². The molecular formula is C13H6ClF3N4O3. The van der Waals surface area contributed by atoms with Crippen molar-refractivity contribution in [1.82, 2.24) is 20.1 Å². The molecule has 2 aromatic heterocycles. The molecule has 0 unspecified atom stereocenters. The van der Waals surface area contributed by atoms with Crippen LogP contribution in [0.5, 0.6) is 5.75 Å². The SMILES string of the molecule is O=c1cc(-c2noc(-c3ccc(OC(F)(F)F)c(Cl)c3)n2)nc[nH]1. The van der Waals surface area contributed by atoms with Crippen LogP contribution in [0.15, 0.2) is 39.9 Å². The number of nitrogens with zero attached hydrogens (tertiary/aromatic N) is 3. The van der Waals surface area contributed by atoms with E-state index >= 15 is 0 Å². The second-order valence-electron chi connectivity index (χ2n) is 4.41. The normalized spacial score (nSPS) is 11.5. The van der Waals surface area contributed by atoms with E-state index in [1.807, 2.05) is 0 Å². The van der Waals surface area contributed by atoms with Crippen LogP contribution in [-0.4, -0.2) is 26.5 Å². The Morgan fingerprint density at radius 3 is 2.71 bits per heavy atom. The maximum atomic E-state index is 12.2. The van der Waals surface area contributed by atoms with Crippen LogP contribution in [-0.2, 0) is 0 Å². The number of nitrogens with one attached hydrogen (secondary N) is 1. The maximum Gasteiger partial charge on any atom is 0.573 e. The summed E-state index contributed by atoms with van der Waals surface area (Å²) in [6.45, 7) is 0. The van der Waals surface area contributed by atoms with Gasteiger partial charge in [-0.3, -0.25) is 4.79 Å². The van der Waals surface area contributed by atoms with Gasteiger partial charge >= 0.3 is 6.36 Å². The van der Waals surface area contributed by atoms with E-state index in [1.165, 1.54) is 24.5 Å². The fourth-order valence-electron chi connectivity index (χ4n) is 1.78. The molecule has 1 aromatic carbocycles. The van der Waals surface area contributed by atoms with Crippen molar-refractivity contribution in [2.45, 2.75) is 6.36 Å². The summed E-state index contributed by atoms with van der Waals surface area (Å²) in [4.78, 5) is 21.5. The van der Waals surface area contributed by atoms with Crippen molar-refractivity contribution in [3.8, 4) is 28.7 Å². The molecule has 3 aromatic rings. The van der Waals surface area contributed by atoms with E-state index in [2.05, 4.69) is 24.8 Å². The topological polar surface area (TPSA) is 93.9 Å². The van der Waals surface area contributed by atoms with Gasteiger partial charge in [0.15, 0.2) is 0 Å². The molecule has 24 heavy (non-hydrogen) atoms. The van der Waals surface area contributed by atoms with E-state index in [-0.39, 0.29) is 28.0 Å². The third-order valence-corrected chi connectivity index (χ3v) is 3.03. The number of benzene rings is 1. The second kappa shape index (κ2) is 5.96. The third-order valence-electron chi connectivity index (χ3n) is 2.74. The highest BCUT2D eigenvalue weighted by atomic mass is 35.5. The first kappa shape index (κ1) is 16.0. The van der Waals surface area contributed by atoms with Crippen LogP contribution < -0.4 is 10.3 Å². The lowest BCUT2D eigenvalue weighted by Crippen LogP contribution is -2.17. The zero-order valence-electron chi connectivity index (χ0n) is 11.5. The van der Waals surface area contributed by atoms with Crippen LogP contribution in [0, 0.1) is 0 Å². The standard InChI is InChI=1S/C13H6ClF3N4O3/c14-7-3-6(1-2-9(7)23-13(15,16)17)12-20-11(21-24-12)8-4-10(22)19-5-18-8/h1-5H,(H,18,19,22). The summed E-state index contributed by atoms with van der Waals surface area (Å²) in [6.07, 6.45) is -3.68. The summed E-state index contributed by atoms with van der Waals surface area (Å²) in [5, 5.41) is 3.38. The minimum absolute atomic E-state index is 0.00691. The van der Waals surface area contributed by atoms with Crippen LogP contribution in [0.3, 0.4) is 0 Å². The fraction of sp³-hybridized carbons (Fsp3) is 0.0769. The third kappa shape index (κ3) is 3.54. The molecule has 0 fully saturated rings. The number of H-pyrrole nitrogens is 1. The van der Waals surface area contributed by atoms with Gasteiger partial charge in [0.25, 0.3) is 11.4 Å². The van der Waals surface area contributed by atoms with Gasteiger partial charge in [-0.25, -0.2) is 4.98 Å². The average molecular weight is 359 g/mol. The Hall–Kier alpha value is -2.88. The van der Waals surface area contributed by atoms with E-state index in [1.54, 1.807) is 0 Å². The predicted octanol–water partition coefficient (Wildman–Crippen LogP) is 3.04. The Morgan fingerprint density at radius 2 is 2.04 bits per heavy atom. The van der Waals surface area contributed by atoms with E-state index in [9.17, 15) is 18.0 Å². The molecular weight excluding hydrogens is 353 g/mol. The van der Waals surface area contributed by atoms with E-state index in [4.69, 9.17) is 16.1 Å². The lowest BCUT2D eigenvalue weighted by atomic mass is 10.2. The summed E-state index contributed by atoms with van der Waals surface area (Å²) < 4.78 is 45.4. The molecule has 2 heterocycles. The maximum absolute atomic E-state index is 12.2. The number of hydrogen-bond donors (Lipinski definition) is 1. The van der Waals surface area contributed by atoms with Crippen LogP contribution in [0.2, 0.25) is 5.02 Å². The molecule has 0 aliphatic rings. The zero-order valence-corrected chi connectivity index (χ0v) is 12.2. The van der Waals surface area contributed by atoms with Gasteiger partial charge in [-0.05, 0) is 18.2 Å². The van der Waals surface area contributed by atoms with Crippen molar-refractivity contribution in [2.24, 2.45) is 0 Å². The first-order chi connectivity index (χ1) is 11.3. The highest BCUT2D eigenvalue weighted by Gasteiger charge is 2.32. The van der Waals surface area contributed by atoms with E-state index in [0.717, 1.165) is 6.07 Å². The van der Waals surface area contributed by atoms with Gasteiger partial charge in [-0.15, -0.1) is 13.2 Å². The number of aromatic amines is 1. The molecule has 124 valence electrons. The molecule has 0 bridgehead atoms. The van der Waals surface area contributed by atoms with Crippen molar-refractivity contribution in [3.63, 3.8) is 0 Å². The number of halogens is 4. The highest BCUT2D eigenvalue weighted by molar-refractivity contribution is 6.32. The average Bonchev–Trinajstić information content (AvgIpc) is 2.98. The molecule has 0 atom stereocenters. The fourth-order valence-corrected chi connectivity index (χ4v) is 2.00. The Morgan fingerprint density at radius 1 is 1.25 bits per heavy atom. The molecule has 0 saturated carbocycles. The lowest BCUT2D eigenvalue weighted by molar-refractivity contribution is -0.274.